The van der Waals surface area contributed by atoms with Gasteiger partial charge < -0.3 is 15.4 Å². The van der Waals surface area contributed by atoms with Gasteiger partial charge in [-0.25, -0.2) is 14.8 Å². The van der Waals surface area contributed by atoms with E-state index in [2.05, 4.69) is 25.6 Å². The van der Waals surface area contributed by atoms with Crippen LogP contribution in [0.4, 0.5) is 16.4 Å². The molecule has 0 aliphatic heterocycles. The van der Waals surface area contributed by atoms with E-state index in [0.29, 0.717) is 18.3 Å². The zero-order valence-electron chi connectivity index (χ0n) is 20.3. The van der Waals surface area contributed by atoms with Crippen molar-refractivity contribution >= 4 is 17.7 Å². The van der Waals surface area contributed by atoms with Crippen LogP contribution in [0.15, 0.2) is 73.1 Å². The van der Waals surface area contributed by atoms with Gasteiger partial charge in [0.25, 0.3) is 0 Å². The summed E-state index contributed by atoms with van der Waals surface area (Å²) in [7, 11) is 0. The Morgan fingerprint density at radius 1 is 0.906 bits per heavy atom. The van der Waals surface area contributed by atoms with E-state index in [1.54, 1.807) is 0 Å². The maximum absolute atomic E-state index is 10.7. The van der Waals surface area contributed by atoms with Crippen molar-refractivity contribution in [3.05, 3.63) is 78.9 Å². The molecule has 0 fully saturated rings. The normalized spacial score (nSPS) is 9.34. The van der Waals surface area contributed by atoms with Crippen LogP contribution in [0.5, 0.6) is 0 Å². The van der Waals surface area contributed by atoms with Crippen LogP contribution in [-0.4, -0.2) is 33.2 Å². The Labute approximate surface area is 192 Å². The molecule has 32 heavy (non-hydrogen) atoms. The van der Waals surface area contributed by atoms with E-state index in [1.165, 1.54) is 6.33 Å². The number of carbonyl (C=O) groups is 1. The Hall–Kier alpha value is -3.48. The molecule has 0 saturated carbocycles. The number of ether oxygens (including phenoxy) is 1. The molecule has 1 heterocycles. The molecule has 2 aromatic carbocycles. The average Bonchev–Trinajstić information content (AvgIpc) is 2.77. The van der Waals surface area contributed by atoms with Crippen molar-refractivity contribution in [1.29, 1.82) is 0 Å². The van der Waals surface area contributed by atoms with Crippen LogP contribution in [0.1, 0.15) is 47.4 Å². The molecule has 7 nitrogen and oxygen atoms in total. The molecule has 7 heteroatoms. The van der Waals surface area contributed by atoms with E-state index in [1.807, 2.05) is 115 Å². The number of benzene rings is 2. The Balaban J connectivity index is 0.000000467. The third kappa shape index (κ3) is 16.3. The number of nitrogens with one attached hydrogen (secondary N) is 2. The summed E-state index contributed by atoms with van der Waals surface area (Å²) in [5, 5.41) is 5.62. The zero-order valence-corrected chi connectivity index (χ0v) is 20.3. The minimum atomic E-state index is -0.390. The van der Waals surface area contributed by atoms with E-state index in [-0.39, 0.29) is 11.7 Å². The Morgan fingerprint density at radius 3 is 1.84 bits per heavy atom. The van der Waals surface area contributed by atoms with Crippen LogP contribution in [0.2, 0.25) is 0 Å². The summed E-state index contributed by atoms with van der Waals surface area (Å²) >= 11 is 0. The molecule has 0 aliphatic carbocycles. The van der Waals surface area contributed by atoms with Gasteiger partial charge in [0, 0.05) is 12.2 Å². The summed E-state index contributed by atoms with van der Waals surface area (Å²) in [6, 6.07) is 21.8. The highest BCUT2D eigenvalue weighted by Gasteiger charge is 2.14. The molecule has 3 rings (SSSR count). The maximum Gasteiger partial charge on any atom is 0.407 e. The highest BCUT2D eigenvalue weighted by atomic mass is 16.6. The largest absolute Gasteiger partial charge is 0.444 e. The Morgan fingerprint density at radius 2 is 1.41 bits per heavy atom. The van der Waals surface area contributed by atoms with Gasteiger partial charge in [0.2, 0.25) is 5.95 Å². The SMILES string of the molecule is CC.CCNC(=O)OC(C)(C)C.Cc1ncnc(Nc2ccccc2)n1.c1ccccc1. The predicted molar refractivity (Wildman–Crippen MR) is 132 cm³/mol. The first-order valence-corrected chi connectivity index (χ1v) is 10.7. The molecule has 3 aromatic rings. The molecule has 1 amide bonds. The van der Waals surface area contributed by atoms with E-state index in [4.69, 9.17) is 4.74 Å². The van der Waals surface area contributed by atoms with Crippen LogP contribution in [-0.2, 0) is 4.74 Å². The summed E-state index contributed by atoms with van der Waals surface area (Å²) < 4.78 is 4.93. The minimum absolute atomic E-state index is 0.352. The van der Waals surface area contributed by atoms with Gasteiger partial charge >= 0.3 is 6.09 Å². The first kappa shape index (κ1) is 28.5. The van der Waals surface area contributed by atoms with E-state index < -0.39 is 0 Å². The van der Waals surface area contributed by atoms with E-state index >= 15 is 0 Å². The van der Waals surface area contributed by atoms with Crippen molar-refractivity contribution in [2.24, 2.45) is 0 Å². The van der Waals surface area contributed by atoms with Gasteiger partial charge in [-0.15, -0.1) is 0 Å². The number of aromatic nitrogens is 3. The monoisotopic (exact) mass is 439 g/mol. The number of anilines is 2. The van der Waals surface area contributed by atoms with Crippen LogP contribution >= 0.6 is 0 Å². The van der Waals surface area contributed by atoms with Gasteiger partial charge in [-0.05, 0) is 46.8 Å². The molecule has 0 aliphatic rings. The fraction of sp³-hybridized carbons (Fsp3) is 0.360. The van der Waals surface area contributed by atoms with Crippen molar-refractivity contribution in [3.63, 3.8) is 0 Å². The molecule has 0 radical (unpaired) electrons. The first-order valence-electron chi connectivity index (χ1n) is 10.7. The standard InChI is InChI=1S/C10H10N4.C7H15NO2.C6H6.C2H6/c1-8-11-7-12-10(13-8)14-9-5-3-2-4-6-9;1-5-8-6(9)10-7(2,3)4;1-2-4-6-5-3-1;1-2/h2-7H,1H3,(H,11,12,13,14);5H2,1-4H3,(H,8,9);1-6H;1-2H3. The van der Waals surface area contributed by atoms with Crippen LogP contribution in [0.3, 0.4) is 0 Å². The number of carbonyl (C=O) groups excluding carboxylic acids is 1. The average molecular weight is 440 g/mol. The molecule has 2 N–H and O–H groups in total. The zero-order chi connectivity index (χ0) is 24.2. The van der Waals surface area contributed by atoms with Gasteiger partial charge in [-0.2, -0.15) is 4.98 Å². The second-order valence-electron chi connectivity index (χ2n) is 7.03. The summed E-state index contributed by atoms with van der Waals surface area (Å²) in [4.78, 5) is 22.8. The van der Waals surface area contributed by atoms with Gasteiger partial charge in [0.05, 0.1) is 0 Å². The van der Waals surface area contributed by atoms with Gasteiger partial charge in [-0.3, -0.25) is 0 Å². The number of para-hydroxylation sites is 1. The molecule has 0 unspecified atom stereocenters. The second kappa shape index (κ2) is 17.2. The lowest BCUT2D eigenvalue weighted by Crippen LogP contribution is -2.32. The van der Waals surface area contributed by atoms with Crippen molar-refractivity contribution < 1.29 is 9.53 Å². The summed E-state index contributed by atoms with van der Waals surface area (Å²) in [5.74, 6) is 1.28. The molecule has 0 spiro atoms. The quantitative estimate of drug-likeness (QED) is 0.507. The van der Waals surface area contributed by atoms with Crippen molar-refractivity contribution in [3.8, 4) is 0 Å². The minimum Gasteiger partial charge on any atom is -0.444 e. The third-order valence-corrected chi connectivity index (χ3v) is 3.11. The fourth-order valence-corrected chi connectivity index (χ4v) is 1.93. The maximum atomic E-state index is 10.7. The topological polar surface area (TPSA) is 89.0 Å². The van der Waals surface area contributed by atoms with E-state index in [9.17, 15) is 4.79 Å². The highest BCUT2D eigenvalue weighted by molar-refractivity contribution is 5.67. The van der Waals surface area contributed by atoms with Crippen molar-refractivity contribution in [2.45, 2.75) is 54.1 Å². The summed E-state index contributed by atoms with van der Waals surface area (Å²) in [6.07, 6.45) is 1.14. The highest BCUT2D eigenvalue weighted by Crippen LogP contribution is 2.10. The number of nitrogens with zero attached hydrogens (tertiary/aromatic N) is 3. The van der Waals surface area contributed by atoms with Crippen LogP contribution < -0.4 is 10.6 Å². The number of alkyl carbamates (subject to hydrolysis) is 1. The molecule has 0 saturated heterocycles. The molecular formula is C25H37N5O2. The van der Waals surface area contributed by atoms with Crippen LogP contribution in [0, 0.1) is 6.92 Å². The number of rotatable bonds is 3. The van der Waals surface area contributed by atoms with Crippen molar-refractivity contribution in [1.82, 2.24) is 20.3 Å². The lowest BCUT2D eigenvalue weighted by Gasteiger charge is -2.19. The molecular weight excluding hydrogens is 402 g/mol. The van der Waals surface area contributed by atoms with Gasteiger partial charge in [-0.1, -0.05) is 68.4 Å². The molecule has 1 aromatic heterocycles. The lowest BCUT2D eigenvalue weighted by atomic mass is 10.2. The Bertz CT molecular complexity index is 811. The second-order valence-corrected chi connectivity index (χ2v) is 7.03. The number of hydrogen-bond acceptors (Lipinski definition) is 6. The molecule has 174 valence electrons. The number of aryl methyl sites for hydroxylation is 1. The predicted octanol–water partition coefficient (Wildman–Crippen LogP) is 6.17. The summed E-state index contributed by atoms with van der Waals surface area (Å²) in [5.41, 5.74) is 0.581. The summed E-state index contributed by atoms with van der Waals surface area (Å²) in [6.45, 7) is 13.8. The first-order chi connectivity index (χ1) is 15.3. The number of hydrogen-bond donors (Lipinski definition) is 2. The Kier molecular flexibility index (Phi) is 15.4. The smallest absolute Gasteiger partial charge is 0.407 e. The number of amides is 1. The van der Waals surface area contributed by atoms with Gasteiger partial charge in [0.1, 0.15) is 17.8 Å². The van der Waals surface area contributed by atoms with Crippen LogP contribution in [0.25, 0.3) is 0 Å². The van der Waals surface area contributed by atoms with E-state index in [0.717, 1.165) is 5.69 Å². The third-order valence-electron chi connectivity index (χ3n) is 3.11. The fourth-order valence-electron chi connectivity index (χ4n) is 1.93. The molecule has 0 atom stereocenters. The lowest BCUT2D eigenvalue weighted by molar-refractivity contribution is 0.0531. The molecule has 0 bridgehead atoms. The van der Waals surface area contributed by atoms with Gasteiger partial charge in [0.15, 0.2) is 0 Å². The van der Waals surface area contributed by atoms with Crippen molar-refractivity contribution in [2.75, 3.05) is 11.9 Å².